The van der Waals surface area contributed by atoms with Crippen molar-refractivity contribution in [1.29, 1.82) is 0 Å². The van der Waals surface area contributed by atoms with Gasteiger partial charge in [0.2, 0.25) is 5.88 Å². The highest BCUT2D eigenvalue weighted by Gasteiger charge is 2.34. The maximum Gasteiger partial charge on any atom is 0.267 e. The standard InChI is InChI=1S/C17H20ClN3O3S/c1-24-17-8-4-7-16(20-17)21(13-9-11-19-12-10-13)25(22,23)15-6-3-2-5-14(15)18/h2-8,13,19H,9-12H2,1H3. The maximum absolute atomic E-state index is 13.4. The summed E-state index contributed by atoms with van der Waals surface area (Å²) in [6, 6.07) is 11.4. The van der Waals surface area contributed by atoms with Gasteiger partial charge in [-0.05, 0) is 44.1 Å². The van der Waals surface area contributed by atoms with Crippen molar-refractivity contribution < 1.29 is 13.2 Å². The van der Waals surface area contributed by atoms with Crippen LogP contribution in [0.15, 0.2) is 47.4 Å². The number of hydrogen-bond acceptors (Lipinski definition) is 5. The van der Waals surface area contributed by atoms with Crippen molar-refractivity contribution in [2.24, 2.45) is 0 Å². The SMILES string of the molecule is COc1cccc(N(C2CCNCC2)S(=O)(=O)c2ccccc2Cl)n1. The summed E-state index contributed by atoms with van der Waals surface area (Å²) < 4.78 is 33.3. The number of nitrogens with zero attached hydrogens (tertiary/aromatic N) is 2. The molecule has 0 radical (unpaired) electrons. The van der Waals surface area contributed by atoms with Crippen molar-refractivity contribution in [3.05, 3.63) is 47.5 Å². The van der Waals surface area contributed by atoms with E-state index in [1.165, 1.54) is 17.5 Å². The van der Waals surface area contributed by atoms with Crippen LogP contribution in [0.3, 0.4) is 0 Å². The molecule has 0 saturated carbocycles. The molecule has 1 aromatic carbocycles. The van der Waals surface area contributed by atoms with Crippen LogP contribution in [0, 0.1) is 0 Å². The maximum atomic E-state index is 13.4. The molecular weight excluding hydrogens is 362 g/mol. The zero-order valence-electron chi connectivity index (χ0n) is 13.9. The van der Waals surface area contributed by atoms with Crippen molar-refractivity contribution in [3.8, 4) is 5.88 Å². The third-order valence-electron chi connectivity index (χ3n) is 4.16. The Morgan fingerprint density at radius 2 is 1.88 bits per heavy atom. The van der Waals surface area contributed by atoms with E-state index in [-0.39, 0.29) is 16.0 Å². The average Bonchev–Trinajstić information content (AvgIpc) is 2.63. The van der Waals surface area contributed by atoms with Gasteiger partial charge in [0.05, 0.1) is 12.1 Å². The molecule has 0 atom stereocenters. The Hall–Kier alpha value is -1.83. The second-order valence-electron chi connectivity index (χ2n) is 5.75. The Balaban J connectivity index is 2.11. The van der Waals surface area contributed by atoms with Crippen LogP contribution < -0.4 is 14.4 Å². The number of hydrogen-bond donors (Lipinski definition) is 1. The van der Waals surface area contributed by atoms with Gasteiger partial charge in [0.15, 0.2) is 0 Å². The Morgan fingerprint density at radius 3 is 2.56 bits per heavy atom. The number of piperidine rings is 1. The molecule has 2 aromatic rings. The summed E-state index contributed by atoms with van der Waals surface area (Å²) >= 11 is 6.17. The summed E-state index contributed by atoms with van der Waals surface area (Å²) in [6.45, 7) is 1.51. The average molecular weight is 382 g/mol. The van der Waals surface area contributed by atoms with Gasteiger partial charge in [-0.3, -0.25) is 0 Å². The number of sulfonamides is 1. The van der Waals surface area contributed by atoms with Crippen molar-refractivity contribution >= 4 is 27.4 Å². The van der Waals surface area contributed by atoms with Crippen molar-refractivity contribution in [2.75, 3.05) is 24.5 Å². The molecule has 25 heavy (non-hydrogen) atoms. The van der Waals surface area contributed by atoms with E-state index in [1.54, 1.807) is 36.4 Å². The lowest BCUT2D eigenvalue weighted by molar-refractivity contribution is 0.397. The first-order valence-electron chi connectivity index (χ1n) is 8.05. The van der Waals surface area contributed by atoms with Crippen LogP contribution in [0.5, 0.6) is 5.88 Å². The molecule has 134 valence electrons. The van der Waals surface area contributed by atoms with E-state index in [0.717, 1.165) is 13.1 Å². The molecule has 0 amide bonds. The Morgan fingerprint density at radius 1 is 1.16 bits per heavy atom. The number of nitrogens with one attached hydrogen (secondary N) is 1. The Labute approximate surface area is 152 Å². The lowest BCUT2D eigenvalue weighted by Gasteiger charge is -2.34. The van der Waals surface area contributed by atoms with Crippen molar-refractivity contribution in [1.82, 2.24) is 10.3 Å². The Kier molecular flexibility index (Phi) is 5.46. The number of aromatic nitrogens is 1. The van der Waals surface area contributed by atoms with E-state index in [1.807, 2.05) is 0 Å². The third kappa shape index (κ3) is 3.73. The van der Waals surface area contributed by atoms with E-state index in [4.69, 9.17) is 16.3 Å². The molecule has 0 unspecified atom stereocenters. The first kappa shape index (κ1) is 18.0. The van der Waals surface area contributed by atoms with Gasteiger partial charge in [-0.15, -0.1) is 0 Å². The summed E-state index contributed by atoms with van der Waals surface area (Å²) in [6.07, 6.45) is 1.39. The van der Waals surface area contributed by atoms with Gasteiger partial charge in [0.25, 0.3) is 10.0 Å². The quantitative estimate of drug-likeness (QED) is 0.862. The van der Waals surface area contributed by atoms with E-state index in [2.05, 4.69) is 10.3 Å². The smallest absolute Gasteiger partial charge is 0.267 e. The lowest BCUT2D eigenvalue weighted by Crippen LogP contribution is -2.46. The van der Waals surface area contributed by atoms with Gasteiger partial charge in [-0.1, -0.05) is 29.8 Å². The predicted molar refractivity (Wildman–Crippen MR) is 97.8 cm³/mol. The molecule has 1 aliphatic rings. The molecule has 2 heterocycles. The van der Waals surface area contributed by atoms with Crippen LogP contribution in [0.25, 0.3) is 0 Å². The molecule has 1 saturated heterocycles. The van der Waals surface area contributed by atoms with Gasteiger partial charge in [-0.2, -0.15) is 4.98 Å². The topological polar surface area (TPSA) is 71.5 Å². The van der Waals surface area contributed by atoms with Gasteiger partial charge >= 0.3 is 0 Å². The van der Waals surface area contributed by atoms with E-state index >= 15 is 0 Å². The molecule has 3 rings (SSSR count). The first-order valence-corrected chi connectivity index (χ1v) is 9.86. The highest BCUT2D eigenvalue weighted by atomic mass is 35.5. The van der Waals surface area contributed by atoms with Crippen LogP contribution in [0.4, 0.5) is 5.82 Å². The summed E-state index contributed by atoms with van der Waals surface area (Å²) in [4.78, 5) is 4.43. The molecule has 6 nitrogen and oxygen atoms in total. The van der Waals surface area contributed by atoms with Crippen LogP contribution in [0.1, 0.15) is 12.8 Å². The van der Waals surface area contributed by atoms with Gasteiger partial charge in [0.1, 0.15) is 10.7 Å². The summed E-state index contributed by atoms with van der Waals surface area (Å²) in [7, 11) is -2.35. The van der Waals surface area contributed by atoms with Gasteiger partial charge < -0.3 is 10.1 Å². The molecule has 1 fully saturated rings. The first-order chi connectivity index (χ1) is 12.0. The molecular formula is C17H20ClN3O3S. The fraction of sp³-hybridized carbons (Fsp3) is 0.353. The van der Waals surface area contributed by atoms with Crippen LogP contribution in [-0.4, -0.2) is 39.6 Å². The second kappa shape index (κ2) is 7.59. The highest BCUT2D eigenvalue weighted by Crippen LogP contribution is 2.32. The number of pyridine rings is 1. The number of rotatable bonds is 5. The molecule has 1 aliphatic heterocycles. The zero-order valence-corrected chi connectivity index (χ0v) is 15.4. The van der Waals surface area contributed by atoms with Gasteiger partial charge in [0, 0.05) is 12.1 Å². The molecule has 0 spiro atoms. The number of ether oxygens (including phenoxy) is 1. The molecule has 1 aromatic heterocycles. The minimum Gasteiger partial charge on any atom is -0.481 e. The number of benzene rings is 1. The molecule has 0 aliphatic carbocycles. The van der Waals surface area contributed by atoms with E-state index < -0.39 is 10.0 Å². The van der Waals surface area contributed by atoms with Crippen LogP contribution in [0.2, 0.25) is 5.02 Å². The number of anilines is 1. The Bertz CT molecular complexity index is 839. The second-order valence-corrected chi connectivity index (χ2v) is 7.94. The van der Waals surface area contributed by atoms with Crippen LogP contribution in [-0.2, 0) is 10.0 Å². The lowest BCUT2D eigenvalue weighted by atomic mass is 10.1. The van der Waals surface area contributed by atoms with Crippen molar-refractivity contribution in [2.45, 2.75) is 23.8 Å². The minimum atomic E-state index is -3.85. The summed E-state index contributed by atoms with van der Waals surface area (Å²) in [5.41, 5.74) is 0. The predicted octanol–water partition coefficient (Wildman–Crippen LogP) is 2.69. The summed E-state index contributed by atoms with van der Waals surface area (Å²) in [5.74, 6) is 0.706. The molecule has 1 N–H and O–H groups in total. The minimum absolute atomic E-state index is 0.0832. The van der Waals surface area contributed by atoms with Crippen LogP contribution >= 0.6 is 11.6 Å². The fourth-order valence-corrected chi connectivity index (χ4v) is 5.10. The molecule has 0 bridgehead atoms. The monoisotopic (exact) mass is 381 g/mol. The summed E-state index contributed by atoms with van der Waals surface area (Å²) in [5, 5.41) is 3.45. The normalized spacial score (nSPS) is 15.8. The number of methoxy groups -OCH3 is 1. The fourth-order valence-electron chi connectivity index (χ4n) is 2.95. The third-order valence-corrected chi connectivity index (χ3v) is 6.51. The number of halogens is 1. The highest BCUT2D eigenvalue weighted by molar-refractivity contribution is 7.93. The van der Waals surface area contributed by atoms with E-state index in [9.17, 15) is 8.42 Å². The molecule has 8 heteroatoms. The largest absolute Gasteiger partial charge is 0.481 e. The van der Waals surface area contributed by atoms with Crippen molar-refractivity contribution in [3.63, 3.8) is 0 Å². The van der Waals surface area contributed by atoms with E-state index in [0.29, 0.717) is 24.5 Å². The van der Waals surface area contributed by atoms with Gasteiger partial charge in [-0.25, -0.2) is 12.7 Å². The zero-order chi connectivity index (χ0) is 17.9.